The van der Waals surface area contributed by atoms with Crippen LogP contribution in [0.4, 0.5) is 0 Å². The van der Waals surface area contributed by atoms with E-state index in [4.69, 9.17) is 15.5 Å². The van der Waals surface area contributed by atoms with Crippen LogP contribution in [0.2, 0.25) is 0 Å². The van der Waals surface area contributed by atoms with Gasteiger partial charge in [0.2, 0.25) is 0 Å². The van der Waals surface area contributed by atoms with Crippen molar-refractivity contribution in [3.05, 3.63) is 15.6 Å². The number of hydrogen-bond donors (Lipinski definition) is 1. The van der Waals surface area contributed by atoms with Crippen molar-refractivity contribution in [2.24, 2.45) is 5.73 Å². The summed E-state index contributed by atoms with van der Waals surface area (Å²) >= 11 is 1.80. The van der Waals surface area contributed by atoms with Gasteiger partial charge in [0, 0.05) is 24.4 Å². The summed E-state index contributed by atoms with van der Waals surface area (Å²) in [5, 5.41) is 1.29. The molecule has 1 heterocycles. The molecule has 1 aromatic rings. The van der Waals surface area contributed by atoms with Gasteiger partial charge in [-0.25, -0.2) is 4.98 Å². The number of nitrogens with two attached hydrogens (primary N) is 1. The first kappa shape index (κ1) is 13.0. The third-order valence-corrected chi connectivity index (χ3v) is 4.75. The predicted octanol–water partition coefficient (Wildman–Crippen LogP) is 3.19. The molecule has 0 unspecified atom stereocenters. The lowest BCUT2D eigenvalue weighted by molar-refractivity contribution is 0.181. The first-order chi connectivity index (χ1) is 8.35. The summed E-state index contributed by atoms with van der Waals surface area (Å²) in [5.74, 6) is 0.665. The molecule has 1 aliphatic carbocycles. The molecule has 2 rings (SSSR count). The van der Waals surface area contributed by atoms with Crippen LogP contribution in [0.1, 0.15) is 60.0 Å². The highest BCUT2D eigenvalue weighted by Crippen LogP contribution is 2.35. The average Bonchev–Trinajstić information content (AvgIpc) is 2.58. The molecule has 3 nitrogen and oxygen atoms in total. The molecular formula is C13H22N2OS. The number of rotatable bonds is 4. The van der Waals surface area contributed by atoms with E-state index in [0.29, 0.717) is 19.1 Å². The van der Waals surface area contributed by atoms with Gasteiger partial charge in [-0.15, -0.1) is 11.3 Å². The van der Waals surface area contributed by atoms with E-state index in [1.807, 2.05) is 0 Å². The molecule has 2 N–H and O–H groups in total. The number of aromatic nitrogens is 1. The van der Waals surface area contributed by atoms with Crippen LogP contribution in [-0.2, 0) is 17.9 Å². The standard InChI is InChI=1S/C13H22N2OS/c1-16-9-11-12(8-14)17-13(15-11)10-6-4-2-3-5-7-10/h10H,2-9,14H2,1H3. The zero-order chi connectivity index (χ0) is 12.1. The summed E-state index contributed by atoms with van der Waals surface area (Å²) in [6.07, 6.45) is 8.06. The van der Waals surface area contributed by atoms with Gasteiger partial charge in [0.15, 0.2) is 0 Å². The third kappa shape index (κ3) is 3.27. The Morgan fingerprint density at radius 1 is 1.29 bits per heavy atom. The molecule has 96 valence electrons. The van der Waals surface area contributed by atoms with Gasteiger partial charge < -0.3 is 10.5 Å². The second kappa shape index (κ2) is 6.47. The number of thiazole rings is 1. The van der Waals surface area contributed by atoms with Crippen LogP contribution in [0.3, 0.4) is 0 Å². The van der Waals surface area contributed by atoms with E-state index in [1.54, 1.807) is 18.4 Å². The van der Waals surface area contributed by atoms with Crippen molar-refractivity contribution < 1.29 is 4.74 Å². The smallest absolute Gasteiger partial charge is 0.0963 e. The van der Waals surface area contributed by atoms with Crippen LogP contribution in [0.15, 0.2) is 0 Å². The van der Waals surface area contributed by atoms with E-state index in [0.717, 1.165) is 5.69 Å². The van der Waals surface area contributed by atoms with Gasteiger partial charge in [0.25, 0.3) is 0 Å². The van der Waals surface area contributed by atoms with Crippen molar-refractivity contribution >= 4 is 11.3 Å². The Balaban J connectivity index is 2.13. The second-order valence-corrected chi connectivity index (χ2v) is 5.86. The average molecular weight is 254 g/mol. The Bertz CT molecular complexity index is 343. The Morgan fingerprint density at radius 3 is 2.59 bits per heavy atom. The Hall–Kier alpha value is -0.450. The topological polar surface area (TPSA) is 48.1 Å². The summed E-state index contributed by atoms with van der Waals surface area (Å²) in [7, 11) is 1.71. The maximum atomic E-state index is 5.77. The molecule has 0 amide bonds. The second-order valence-electron chi connectivity index (χ2n) is 4.75. The molecule has 1 saturated carbocycles. The number of methoxy groups -OCH3 is 1. The first-order valence-electron chi connectivity index (χ1n) is 6.52. The van der Waals surface area contributed by atoms with E-state index in [1.165, 1.54) is 48.4 Å². The maximum Gasteiger partial charge on any atom is 0.0963 e. The predicted molar refractivity (Wildman–Crippen MR) is 71.2 cm³/mol. The molecule has 0 aliphatic heterocycles. The van der Waals surface area contributed by atoms with E-state index in [-0.39, 0.29) is 0 Å². The maximum absolute atomic E-state index is 5.77. The Kier molecular flexibility index (Phi) is 4.95. The molecule has 0 atom stereocenters. The minimum absolute atomic E-state index is 0.586. The largest absolute Gasteiger partial charge is 0.378 e. The van der Waals surface area contributed by atoms with Crippen LogP contribution in [0.25, 0.3) is 0 Å². The van der Waals surface area contributed by atoms with Gasteiger partial charge >= 0.3 is 0 Å². The molecule has 1 fully saturated rings. The highest BCUT2D eigenvalue weighted by atomic mass is 32.1. The zero-order valence-corrected chi connectivity index (χ0v) is 11.4. The summed E-state index contributed by atoms with van der Waals surface area (Å²) < 4.78 is 5.18. The molecule has 0 saturated heterocycles. The van der Waals surface area contributed by atoms with E-state index in [9.17, 15) is 0 Å². The lowest BCUT2D eigenvalue weighted by Crippen LogP contribution is -2.00. The number of nitrogens with zero attached hydrogens (tertiary/aromatic N) is 1. The van der Waals surface area contributed by atoms with E-state index >= 15 is 0 Å². The van der Waals surface area contributed by atoms with Crippen LogP contribution in [-0.4, -0.2) is 12.1 Å². The van der Waals surface area contributed by atoms with E-state index < -0.39 is 0 Å². The van der Waals surface area contributed by atoms with Crippen molar-refractivity contribution in [3.63, 3.8) is 0 Å². The normalized spacial score (nSPS) is 18.2. The molecular weight excluding hydrogens is 232 g/mol. The minimum atomic E-state index is 0.586. The fourth-order valence-electron chi connectivity index (χ4n) is 2.51. The Labute approximate surface area is 107 Å². The fourth-order valence-corrected chi connectivity index (χ4v) is 3.63. The van der Waals surface area contributed by atoms with Crippen molar-refractivity contribution in [2.75, 3.05) is 7.11 Å². The summed E-state index contributed by atoms with van der Waals surface area (Å²) in [5.41, 5.74) is 6.82. The van der Waals surface area contributed by atoms with Gasteiger partial charge in [0.1, 0.15) is 0 Å². The fraction of sp³-hybridized carbons (Fsp3) is 0.769. The van der Waals surface area contributed by atoms with Crippen LogP contribution >= 0.6 is 11.3 Å². The molecule has 17 heavy (non-hydrogen) atoms. The monoisotopic (exact) mass is 254 g/mol. The Morgan fingerprint density at radius 2 is 2.00 bits per heavy atom. The molecule has 4 heteroatoms. The van der Waals surface area contributed by atoms with Crippen LogP contribution in [0.5, 0.6) is 0 Å². The van der Waals surface area contributed by atoms with Crippen LogP contribution in [0, 0.1) is 0 Å². The summed E-state index contributed by atoms with van der Waals surface area (Å²) in [4.78, 5) is 5.95. The van der Waals surface area contributed by atoms with Gasteiger partial charge in [-0.2, -0.15) is 0 Å². The highest BCUT2D eigenvalue weighted by Gasteiger charge is 2.19. The minimum Gasteiger partial charge on any atom is -0.378 e. The van der Waals surface area contributed by atoms with Gasteiger partial charge in [-0.3, -0.25) is 0 Å². The number of ether oxygens (including phenoxy) is 1. The lowest BCUT2D eigenvalue weighted by Gasteiger charge is -2.09. The van der Waals surface area contributed by atoms with Crippen LogP contribution < -0.4 is 5.73 Å². The molecule has 1 aliphatic rings. The lowest BCUT2D eigenvalue weighted by atomic mass is 10.0. The quantitative estimate of drug-likeness (QED) is 0.839. The van der Waals surface area contributed by atoms with Gasteiger partial charge in [-0.05, 0) is 12.8 Å². The third-order valence-electron chi connectivity index (χ3n) is 3.47. The number of hydrogen-bond acceptors (Lipinski definition) is 4. The van der Waals surface area contributed by atoms with Crippen molar-refractivity contribution in [1.29, 1.82) is 0 Å². The molecule has 0 bridgehead atoms. The van der Waals surface area contributed by atoms with Gasteiger partial charge in [0.05, 0.1) is 17.3 Å². The van der Waals surface area contributed by atoms with Gasteiger partial charge in [-0.1, -0.05) is 25.7 Å². The zero-order valence-electron chi connectivity index (χ0n) is 10.6. The summed E-state index contributed by atoms with van der Waals surface area (Å²) in [6, 6.07) is 0. The molecule has 1 aromatic heterocycles. The van der Waals surface area contributed by atoms with Crippen molar-refractivity contribution in [2.45, 2.75) is 57.6 Å². The molecule has 0 radical (unpaired) electrons. The molecule has 0 spiro atoms. The summed E-state index contributed by atoms with van der Waals surface area (Å²) in [6.45, 7) is 1.18. The first-order valence-corrected chi connectivity index (χ1v) is 7.34. The molecule has 0 aromatic carbocycles. The van der Waals surface area contributed by atoms with Crippen molar-refractivity contribution in [3.8, 4) is 0 Å². The van der Waals surface area contributed by atoms with Crippen molar-refractivity contribution in [1.82, 2.24) is 4.98 Å². The highest BCUT2D eigenvalue weighted by molar-refractivity contribution is 7.11. The van der Waals surface area contributed by atoms with E-state index in [2.05, 4.69) is 0 Å². The SMILES string of the molecule is COCc1nc(C2CCCCCC2)sc1CN.